The molecule has 0 unspecified atom stereocenters. The van der Waals surface area contributed by atoms with Crippen LogP contribution in [0.4, 0.5) is 5.69 Å². The van der Waals surface area contributed by atoms with Gasteiger partial charge in [0.1, 0.15) is 5.65 Å². The zero-order chi connectivity index (χ0) is 22.6. The number of benzene rings is 1. The molecule has 3 aromatic rings. The SMILES string of the molecule is CCCc1cc2c(NC3CCC(O)CC3)c(-c3ccc(CN4CCOCC4)cc3)cnc2[nH]1.Cl. The van der Waals surface area contributed by atoms with E-state index in [1.54, 1.807) is 0 Å². The highest BCUT2D eigenvalue weighted by Gasteiger charge is 2.22. The molecule has 3 heterocycles. The minimum absolute atomic E-state index is 0. The summed E-state index contributed by atoms with van der Waals surface area (Å²) in [6, 6.07) is 11.6. The van der Waals surface area contributed by atoms with E-state index in [-0.39, 0.29) is 18.5 Å². The molecule has 0 radical (unpaired) electrons. The van der Waals surface area contributed by atoms with Crippen LogP contribution >= 0.6 is 12.4 Å². The number of aryl methyl sites for hydroxylation is 1. The van der Waals surface area contributed by atoms with Crippen LogP contribution in [-0.2, 0) is 17.7 Å². The van der Waals surface area contributed by atoms with Crippen LogP contribution in [-0.4, -0.2) is 58.4 Å². The minimum Gasteiger partial charge on any atom is -0.393 e. The van der Waals surface area contributed by atoms with Gasteiger partial charge in [-0.05, 0) is 49.3 Å². The lowest BCUT2D eigenvalue weighted by Gasteiger charge is -2.28. The number of nitrogens with one attached hydrogen (secondary N) is 2. The number of hydrogen-bond donors (Lipinski definition) is 3. The first kappa shape index (κ1) is 25.0. The van der Waals surface area contributed by atoms with Crippen molar-refractivity contribution >= 4 is 29.1 Å². The van der Waals surface area contributed by atoms with Crippen LogP contribution in [0.3, 0.4) is 0 Å². The standard InChI is InChI=1S/C27H36N4O2.ClH/c1-2-3-22-16-24-26(29-21-8-10-23(32)11-9-21)25(17-28-27(24)30-22)20-6-4-19(5-7-20)18-31-12-14-33-15-13-31;/h4-7,16-17,21,23,32H,2-3,8-15,18H2,1H3,(H2,28,29,30);1H. The Bertz CT molecular complexity index is 1050. The number of fused-ring (bicyclic) bond motifs is 1. The molecule has 1 aliphatic heterocycles. The third-order valence-electron chi connectivity index (χ3n) is 7.05. The van der Waals surface area contributed by atoms with Gasteiger partial charge in [0.05, 0.1) is 25.0 Å². The third-order valence-corrected chi connectivity index (χ3v) is 7.05. The fourth-order valence-corrected chi connectivity index (χ4v) is 5.14. The summed E-state index contributed by atoms with van der Waals surface area (Å²) in [5, 5.41) is 15.0. The van der Waals surface area contributed by atoms with E-state index in [4.69, 9.17) is 9.72 Å². The maximum Gasteiger partial charge on any atom is 0.139 e. The number of morpholine rings is 1. The Labute approximate surface area is 208 Å². The Balaban J connectivity index is 0.00000274. The lowest BCUT2D eigenvalue weighted by molar-refractivity contribution is 0.0342. The first-order valence-corrected chi connectivity index (χ1v) is 12.5. The lowest BCUT2D eigenvalue weighted by Crippen LogP contribution is -2.35. The highest BCUT2D eigenvalue weighted by Crippen LogP contribution is 2.36. The van der Waals surface area contributed by atoms with Gasteiger partial charge in [0.15, 0.2) is 0 Å². The summed E-state index contributed by atoms with van der Waals surface area (Å²) in [6.45, 7) is 6.82. The van der Waals surface area contributed by atoms with Crippen LogP contribution < -0.4 is 5.32 Å². The van der Waals surface area contributed by atoms with Crippen molar-refractivity contribution in [1.82, 2.24) is 14.9 Å². The van der Waals surface area contributed by atoms with E-state index in [9.17, 15) is 5.11 Å². The van der Waals surface area contributed by atoms with Crippen LogP contribution in [0.5, 0.6) is 0 Å². The molecule has 3 N–H and O–H groups in total. The molecular formula is C27H37ClN4O2. The second kappa shape index (κ2) is 11.5. The number of nitrogens with zero attached hydrogens (tertiary/aromatic N) is 2. The second-order valence-electron chi connectivity index (χ2n) is 9.59. The number of aliphatic hydroxyl groups is 1. The largest absolute Gasteiger partial charge is 0.393 e. The molecule has 0 spiro atoms. The summed E-state index contributed by atoms with van der Waals surface area (Å²) in [6.07, 6.45) is 7.71. The molecular weight excluding hydrogens is 448 g/mol. The molecule has 1 aromatic carbocycles. The van der Waals surface area contributed by atoms with Gasteiger partial charge in [-0.1, -0.05) is 37.6 Å². The van der Waals surface area contributed by atoms with Gasteiger partial charge in [0.2, 0.25) is 0 Å². The minimum atomic E-state index is -0.151. The smallest absolute Gasteiger partial charge is 0.139 e. The number of rotatable bonds is 7. The summed E-state index contributed by atoms with van der Waals surface area (Å²) < 4.78 is 5.48. The van der Waals surface area contributed by atoms with Gasteiger partial charge in [-0.3, -0.25) is 4.90 Å². The van der Waals surface area contributed by atoms with Gasteiger partial charge in [-0.25, -0.2) is 4.98 Å². The normalized spacial score (nSPS) is 21.4. The quantitative estimate of drug-likeness (QED) is 0.432. The maximum atomic E-state index is 9.95. The number of aromatic nitrogens is 2. The number of halogens is 1. The summed E-state index contributed by atoms with van der Waals surface area (Å²) >= 11 is 0. The number of pyridine rings is 1. The van der Waals surface area contributed by atoms with E-state index in [0.29, 0.717) is 6.04 Å². The van der Waals surface area contributed by atoms with Crippen LogP contribution in [0.1, 0.15) is 50.3 Å². The maximum absolute atomic E-state index is 9.95. The summed E-state index contributed by atoms with van der Waals surface area (Å²) in [5.74, 6) is 0. The van der Waals surface area contributed by atoms with E-state index < -0.39 is 0 Å². The van der Waals surface area contributed by atoms with E-state index >= 15 is 0 Å². The Morgan fingerprint density at radius 2 is 1.85 bits per heavy atom. The molecule has 0 amide bonds. The molecule has 1 aliphatic carbocycles. The highest BCUT2D eigenvalue weighted by atomic mass is 35.5. The van der Waals surface area contributed by atoms with Crippen LogP contribution in [0.25, 0.3) is 22.2 Å². The van der Waals surface area contributed by atoms with Crippen molar-refractivity contribution in [2.24, 2.45) is 0 Å². The van der Waals surface area contributed by atoms with Crippen molar-refractivity contribution in [2.45, 2.75) is 64.1 Å². The number of hydrogen-bond acceptors (Lipinski definition) is 5. The highest BCUT2D eigenvalue weighted by molar-refractivity contribution is 5.98. The molecule has 34 heavy (non-hydrogen) atoms. The Morgan fingerprint density at radius 1 is 1.12 bits per heavy atom. The van der Waals surface area contributed by atoms with Gasteiger partial charge < -0.3 is 20.1 Å². The zero-order valence-corrected chi connectivity index (χ0v) is 20.9. The number of aromatic amines is 1. The summed E-state index contributed by atoms with van der Waals surface area (Å²) in [4.78, 5) is 10.7. The van der Waals surface area contributed by atoms with E-state index in [0.717, 1.165) is 82.6 Å². The zero-order valence-electron chi connectivity index (χ0n) is 20.1. The number of ether oxygens (including phenoxy) is 1. The van der Waals surface area contributed by atoms with E-state index in [1.165, 1.54) is 27.9 Å². The van der Waals surface area contributed by atoms with Crippen molar-refractivity contribution in [3.05, 3.63) is 47.8 Å². The Kier molecular flexibility index (Phi) is 8.48. The second-order valence-corrected chi connectivity index (χ2v) is 9.59. The molecule has 184 valence electrons. The fraction of sp³-hybridized carbons (Fsp3) is 0.519. The molecule has 0 bridgehead atoms. The van der Waals surface area contributed by atoms with E-state index in [2.05, 4.69) is 52.5 Å². The van der Waals surface area contributed by atoms with Gasteiger partial charge in [0, 0.05) is 48.5 Å². The average Bonchev–Trinajstić information content (AvgIpc) is 3.25. The first-order valence-electron chi connectivity index (χ1n) is 12.5. The molecule has 6 nitrogen and oxygen atoms in total. The summed E-state index contributed by atoms with van der Waals surface area (Å²) in [7, 11) is 0. The molecule has 5 rings (SSSR count). The molecule has 7 heteroatoms. The predicted octanol–water partition coefficient (Wildman–Crippen LogP) is 5.15. The Morgan fingerprint density at radius 3 is 2.56 bits per heavy atom. The van der Waals surface area contributed by atoms with Crippen LogP contribution in [0.15, 0.2) is 36.5 Å². The number of H-pyrrole nitrogens is 1. The topological polar surface area (TPSA) is 73.4 Å². The first-order chi connectivity index (χ1) is 16.2. The molecule has 1 saturated heterocycles. The number of anilines is 1. The predicted molar refractivity (Wildman–Crippen MR) is 141 cm³/mol. The van der Waals surface area contributed by atoms with Gasteiger partial charge in [0.25, 0.3) is 0 Å². The van der Waals surface area contributed by atoms with Crippen LogP contribution in [0.2, 0.25) is 0 Å². The molecule has 2 fully saturated rings. The Hall–Kier alpha value is -2.12. The monoisotopic (exact) mass is 484 g/mol. The average molecular weight is 485 g/mol. The molecule has 2 aromatic heterocycles. The fourth-order valence-electron chi connectivity index (χ4n) is 5.14. The summed E-state index contributed by atoms with van der Waals surface area (Å²) in [5.41, 5.74) is 7.02. The van der Waals surface area contributed by atoms with Gasteiger partial charge in [-0.2, -0.15) is 0 Å². The molecule has 2 aliphatic rings. The van der Waals surface area contributed by atoms with Crippen molar-refractivity contribution in [3.63, 3.8) is 0 Å². The van der Waals surface area contributed by atoms with Crippen molar-refractivity contribution in [2.75, 3.05) is 31.6 Å². The van der Waals surface area contributed by atoms with Crippen molar-refractivity contribution < 1.29 is 9.84 Å². The van der Waals surface area contributed by atoms with Gasteiger partial charge in [-0.15, -0.1) is 12.4 Å². The molecule has 1 saturated carbocycles. The third kappa shape index (κ3) is 5.74. The van der Waals surface area contributed by atoms with Crippen molar-refractivity contribution in [1.29, 1.82) is 0 Å². The van der Waals surface area contributed by atoms with Gasteiger partial charge >= 0.3 is 0 Å². The van der Waals surface area contributed by atoms with Crippen LogP contribution in [0, 0.1) is 0 Å². The lowest BCUT2D eigenvalue weighted by atomic mass is 9.92. The molecule has 0 atom stereocenters. The van der Waals surface area contributed by atoms with E-state index in [1.807, 2.05) is 6.20 Å². The van der Waals surface area contributed by atoms with Crippen molar-refractivity contribution in [3.8, 4) is 11.1 Å². The number of aliphatic hydroxyl groups excluding tert-OH is 1.